The van der Waals surface area contributed by atoms with Gasteiger partial charge in [-0.2, -0.15) is 0 Å². The number of ether oxygens (including phenoxy) is 1. The van der Waals surface area contributed by atoms with E-state index in [4.69, 9.17) is 9.26 Å². The minimum atomic E-state index is -0.0685. The number of aromatic nitrogens is 1. The maximum atomic E-state index is 13.2. The molecule has 0 saturated carbocycles. The number of amides is 1. The summed E-state index contributed by atoms with van der Waals surface area (Å²) in [6, 6.07) is 8.69. The fourth-order valence-electron chi connectivity index (χ4n) is 3.74. The summed E-state index contributed by atoms with van der Waals surface area (Å²) < 4.78 is 10.5. The number of rotatable bonds is 6. The van der Waals surface area contributed by atoms with Gasteiger partial charge < -0.3 is 19.1 Å². The van der Waals surface area contributed by atoms with Crippen molar-refractivity contribution in [1.82, 2.24) is 15.0 Å². The Morgan fingerprint density at radius 1 is 1.30 bits per heavy atom. The molecule has 1 aromatic carbocycles. The molecule has 1 aliphatic heterocycles. The van der Waals surface area contributed by atoms with E-state index in [2.05, 4.69) is 48.4 Å². The summed E-state index contributed by atoms with van der Waals surface area (Å²) in [6.45, 7) is 3.79. The average Bonchev–Trinajstić information content (AvgIpc) is 3.02. The number of piperidine rings is 1. The van der Waals surface area contributed by atoms with E-state index in [1.807, 2.05) is 11.8 Å². The van der Waals surface area contributed by atoms with Crippen LogP contribution in [0.4, 0.5) is 0 Å². The van der Waals surface area contributed by atoms with Crippen molar-refractivity contribution >= 4 is 5.91 Å². The van der Waals surface area contributed by atoms with Gasteiger partial charge in [0.2, 0.25) is 0 Å². The zero-order valence-corrected chi connectivity index (χ0v) is 16.7. The van der Waals surface area contributed by atoms with Crippen molar-refractivity contribution in [3.05, 3.63) is 52.4 Å². The maximum absolute atomic E-state index is 13.2. The number of likely N-dealkylation sites (tertiary alicyclic amines) is 1. The molecule has 0 bridgehead atoms. The number of benzene rings is 1. The van der Waals surface area contributed by atoms with Gasteiger partial charge in [0.25, 0.3) is 5.91 Å². The molecule has 6 heteroatoms. The third-order valence-corrected chi connectivity index (χ3v) is 5.10. The normalized spacial score (nSPS) is 17.5. The fraction of sp³-hybridized carbons (Fsp3) is 0.524. The van der Waals surface area contributed by atoms with Gasteiger partial charge in [-0.3, -0.25) is 4.79 Å². The highest BCUT2D eigenvalue weighted by molar-refractivity contribution is 5.94. The van der Waals surface area contributed by atoms with Crippen LogP contribution in [0, 0.1) is 6.92 Å². The molecule has 1 saturated heterocycles. The molecule has 2 heterocycles. The van der Waals surface area contributed by atoms with Crippen LogP contribution in [-0.4, -0.2) is 48.6 Å². The van der Waals surface area contributed by atoms with Crippen LogP contribution in [0.1, 0.15) is 58.2 Å². The molecule has 146 valence electrons. The first-order valence-electron chi connectivity index (χ1n) is 9.50. The summed E-state index contributed by atoms with van der Waals surface area (Å²) in [5.74, 6) is 0.572. The van der Waals surface area contributed by atoms with Crippen LogP contribution in [0.15, 0.2) is 28.8 Å². The maximum Gasteiger partial charge on any atom is 0.276 e. The molecule has 0 aliphatic carbocycles. The summed E-state index contributed by atoms with van der Waals surface area (Å²) in [4.78, 5) is 17.3. The molecule has 0 spiro atoms. The molecule has 2 aromatic rings. The van der Waals surface area contributed by atoms with Crippen molar-refractivity contribution in [1.29, 1.82) is 0 Å². The van der Waals surface area contributed by atoms with E-state index >= 15 is 0 Å². The first kappa shape index (κ1) is 19.6. The van der Waals surface area contributed by atoms with Crippen LogP contribution in [0.5, 0.6) is 0 Å². The number of carbonyl (C=O) groups is 1. The highest BCUT2D eigenvalue weighted by atomic mass is 16.5. The van der Waals surface area contributed by atoms with Gasteiger partial charge in [-0.1, -0.05) is 29.4 Å². The van der Waals surface area contributed by atoms with Gasteiger partial charge in [0.15, 0.2) is 5.69 Å². The van der Waals surface area contributed by atoms with Crippen LogP contribution >= 0.6 is 0 Å². The Morgan fingerprint density at radius 3 is 2.70 bits per heavy atom. The highest BCUT2D eigenvalue weighted by Crippen LogP contribution is 2.33. The van der Waals surface area contributed by atoms with E-state index < -0.39 is 0 Å². The lowest BCUT2D eigenvalue weighted by Gasteiger charge is -2.36. The van der Waals surface area contributed by atoms with Crippen LogP contribution in [0.2, 0.25) is 0 Å². The van der Waals surface area contributed by atoms with Crippen LogP contribution in [-0.2, 0) is 17.9 Å². The molecule has 1 amide bonds. The minimum absolute atomic E-state index is 0.0685. The average molecular weight is 371 g/mol. The van der Waals surface area contributed by atoms with Gasteiger partial charge in [0, 0.05) is 20.2 Å². The molecule has 1 atom stereocenters. The van der Waals surface area contributed by atoms with E-state index in [-0.39, 0.29) is 11.9 Å². The summed E-state index contributed by atoms with van der Waals surface area (Å²) in [7, 11) is 5.74. The number of hydrogen-bond donors (Lipinski definition) is 0. The minimum Gasteiger partial charge on any atom is -0.380 e. The van der Waals surface area contributed by atoms with Crippen LogP contribution in [0.3, 0.4) is 0 Å². The second-order valence-corrected chi connectivity index (χ2v) is 7.49. The first-order chi connectivity index (χ1) is 13.0. The van der Waals surface area contributed by atoms with Crippen molar-refractivity contribution in [2.45, 2.75) is 45.4 Å². The lowest BCUT2D eigenvalue weighted by atomic mass is 9.94. The Hall–Kier alpha value is -2.18. The lowest BCUT2D eigenvalue weighted by Crippen LogP contribution is -2.39. The van der Waals surface area contributed by atoms with E-state index in [9.17, 15) is 4.79 Å². The third-order valence-electron chi connectivity index (χ3n) is 5.10. The van der Waals surface area contributed by atoms with E-state index in [0.29, 0.717) is 18.1 Å². The molecule has 6 nitrogen and oxygen atoms in total. The Balaban J connectivity index is 1.84. The molecule has 0 radical (unpaired) electrons. The molecule has 1 fully saturated rings. The van der Waals surface area contributed by atoms with Gasteiger partial charge in [0.1, 0.15) is 5.76 Å². The molecule has 1 aliphatic rings. The van der Waals surface area contributed by atoms with Crippen LogP contribution in [0.25, 0.3) is 0 Å². The SMILES string of the molecule is COCc1c(C(=O)N2CCCC[C@@H]2c2ccc(CN(C)C)cc2)noc1C. The lowest BCUT2D eigenvalue weighted by molar-refractivity contribution is 0.0597. The van der Waals surface area contributed by atoms with Gasteiger partial charge in [-0.15, -0.1) is 0 Å². The zero-order chi connectivity index (χ0) is 19.4. The number of aryl methyl sites for hydroxylation is 1. The Morgan fingerprint density at radius 2 is 2.04 bits per heavy atom. The molecule has 3 rings (SSSR count). The first-order valence-corrected chi connectivity index (χ1v) is 9.50. The van der Waals surface area contributed by atoms with E-state index in [1.165, 1.54) is 11.1 Å². The monoisotopic (exact) mass is 371 g/mol. The summed E-state index contributed by atoms with van der Waals surface area (Å²) >= 11 is 0. The van der Waals surface area contributed by atoms with Gasteiger partial charge in [-0.25, -0.2) is 0 Å². The molecule has 0 N–H and O–H groups in total. The Bertz CT molecular complexity index is 767. The fourth-order valence-corrected chi connectivity index (χ4v) is 3.74. The standard InChI is InChI=1S/C21H29N3O3/c1-15-18(14-26-4)20(22-27-15)21(25)24-12-6-5-7-19(24)17-10-8-16(9-11-17)13-23(2)3/h8-11,19H,5-7,12-14H2,1-4H3/t19-/m1/s1. The van der Waals surface area contributed by atoms with Crippen molar-refractivity contribution in [3.63, 3.8) is 0 Å². The second kappa shape index (κ2) is 8.67. The summed E-state index contributed by atoms with van der Waals surface area (Å²) in [5.41, 5.74) is 3.57. The summed E-state index contributed by atoms with van der Waals surface area (Å²) in [5, 5.41) is 4.03. The Labute approximate surface area is 161 Å². The quantitative estimate of drug-likeness (QED) is 0.777. The van der Waals surface area contributed by atoms with Crippen molar-refractivity contribution in [2.75, 3.05) is 27.7 Å². The topological polar surface area (TPSA) is 58.8 Å². The number of methoxy groups -OCH3 is 1. The molecule has 0 unspecified atom stereocenters. The third kappa shape index (κ3) is 4.39. The van der Waals surface area contributed by atoms with Crippen molar-refractivity contribution in [2.24, 2.45) is 0 Å². The van der Waals surface area contributed by atoms with E-state index in [1.54, 1.807) is 7.11 Å². The summed E-state index contributed by atoms with van der Waals surface area (Å²) in [6.07, 6.45) is 3.10. The highest BCUT2D eigenvalue weighted by Gasteiger charge is 2.32. The predicted molar refractivity (Wildman–Crippen MR) is 103 cm³/mol. The smallest absolute Gasteiger partial charge is 0.276 e. The second-order valence-electron chi connectivity index (χ2n) is 7.49. The van der Waals surface area contributed by atoms with E-state index in [0.717, 1.165) is 37.9 Å². The predicted octanol–water partition coefficient (Wildman–Crippen LogP) is 3.56. The van der Waals surface area contributed by atoms with Gasteiger partial charge in [-0.05, 0) is 51.4 Å². The van der Waals surface area contributed by atoms with Crippen LogP contribution < -0.4 is 0 Å². The number of hydrogen-bond acceptors (Lipinski definition) is 5. The molecular formula is C21H29N3O3. The number of nitrogens with zero attached hydrogens (tertiary/aromatic N) is 3. The van der Waals surface area contributed by atoms with Gasteiger partial charge in [0.05, 0.1) is 18.2 Å². The Kier molecular flexibility index (Phi) is 6.29. The molecule has 27 heavy (non-hydrogen) atoms. The zero-order valence-electron chi connectivity index (χ0n) is 16.7. The van der Waals surface area contributed by atoms with Crippen molar-refractivity contribution < 1.29 is 14.1 Å². The largest absolute Gasteiger partial charge is 0.380 e. The molecule has 1 aromatic heterocycles. The molecular weight excluding hydrogens is 342 g/mol. The van der Waals surface area contributed by atoms with Gasteiger partial charge >= 0.3 is 0 Å². The number of carbonyl (C=O) groups excluding carboxylic acids is 1. The van der Waals surface area contributed by atoms with Crippen molar-refractivity contribution in [3.8, 4) is 0 Å².